The lowest BCUT2D eigenvalue weighted by Crippen LogP contribution is -2.27. The van der Waals surface area contributed by atoms with E-state index < -0.39 is 0 Å². The summed E-state index contributed by atoms with van der Waals surface area (Å²) in [6, 6.07) is 7.50. The van der Waals surface area contributed by atoms with E-state index in [1.54, 1.807) is 23.5 Å². The molecule has 0 aromatic heterocycles. The Morgan fingerprint density at radius 3 is 0.895 bits per heavy atom. The van der Waals surface area contributed by atoms with Crippen LogP contribution < -0.4 is 18.9 Å². The molecule has 212 valence electrons. The van der Waals surface area contributed by atoms with E-state index in [2.05, 4.69) is 63.7 Å². The summed E-state index contributed by atoms with van der Waals surface area (Å²) in [7, 11) is 0. The number of fused-ring (bicyclic) bond motifs is 2. The Hall–Kier alpha value is 1.42. The zero-order chi connectivity index (χ0) is 27.7. The van der Waals surface area contributed by atoms with Gasteiger partial charge in [0.05, 0.1) is 21.0 Å². The number of benzene rings is 2. The summed E-state index contributed by atoms with van der Waals surface area (Å²) >= 11 is 42.7. The third-order valence-electron chi connectivity index (χ3n) is 5.13. The Kier molecular flexibility index (Phi) is 15.6. The second kappa shape index (κ2) is 17.5. The lowest BCUT2D eigenvalue weighted by molar-refractivity contribution is 0.266. The molecule has 0 saturated carbocycles. The van der Waals surface area contributed by atoms with Crippen LogP contribution in [-0.4, -0.2) is 70.9 Å². The number of halogens is 8. The third-order valence-corrected chi connectivity index (χ3v) is 13.8. The summed E-state index contributed by atoms with van der Waals surface area (Å²) < 4.78 is 28.2. The van der Waals surface area contributed by atoms with Crippen LogP contribution in [0.2, 0.25) is 0 Å². The number of thioether (sulfide) groups is 2. The van der Waals surface area contributed by atoms with Gasteiger partial charge in [-0.1, -0.05) is 0 Å². The Balaban J connectivity index is 1.91. The smallest absolute Gasteiger partial charge is 0.162 e. The van der Waals surface area contributed by atoms with Crippen LogP contribution in [0, 0.1) is 0 Å². The van der Waals surface area contributed by atoms with Gasteiger partial charge >= 0.3 is 0 Å². The van der Waals surface area contributed by atoms with E-state index >= 15 is 0 Å². The van der Waals surface area contributed by atoms with Gasteiger partial charge < -0.3 is 18.9 Å². The Bertz CT molecular complexity index is 899. The van der Waals surface area contributed by atoms with E-state index in [0.717, 1.165) is 17.9 Å². The highest BCUT2D eigenvalue weighted by Gasteiger charge is 2.23. The topological polar surface area (TPSA) is 36.9 Å². The van der Waals surface area contributed by atoms with Crippen LogP contribution in [0.3, 0.4) is 0 Å². The molecule has 0 aliphatic carbocycles. The highest BCUT2D eigenvalue weighted by Crippen LogP contribution is 2.39. The summed E-state index contributed by atoms with van der Waals surface area (Å²) in [4.78, 5) is 0. The maximum atomic E-state index is 6.32. The van der Waals surface area contributed by atoms with Crippen molar-refractivity contribution in [3.05, 3.63) is 42.2 Å². The molecule has 0 fully saturated rings. The van der Waals surface area contributed by atoms with Gasteiger partial charge in [-0.15, -0.1) is 69.9 Å². The second-order valence-electron chi connectivity index (χ2n) is 8.05. The molecule has 0 amide bonds. The first-order valence-corrected chi connectivity index (χ1v) is 18.5. The largest absolute Gasteiger partial charge is 0.488 e. The average molecular weight is 902 g/mol. The second-order valence-corrected chi connectivity index (χ2v) is 15.9. The van der Waals surface area contributed by atoms with Gasteiger partial charge in [-0.25, -0.2) is 0 Å². The molecule has 4 unspecified atom stereocenters. The quantitative estimate of drug-likeness (QED) is 0.285. The van der Waals surface area contributed by atoms with Crippen LogP contribution in [0.15, 0.2) is 42.2 Å². The maximum Gasteiger partial charge on any atom is 0.162 e. The molecule has 0 radical (unpaired) electrons. The SMILES string of the molecule is ClCC1COc2cc(Br)c(Br)cc2OCC(CCl)SC(CCl)COc2cc(Br)c(Br)cc2OCC(CCl)S1. The zero-order valence-corrected chi connectivity index (χ0v) is 30.7. The maximum absolute atomic E-state index is 6.32. The highest BCUT2D eigenvalue weighted by atomic mass is 79.9. The summed E-state index contributed by atoms with van der Waals surface area (Å²) in [6.07, 6.45) is 0. The lowest BCUT2D eigenvalue weighted by Gasteiger charge is -2.25. The number of ether oxygens (including phenoxy) is 4. The van der Waals surface area contributed by atoms with Crippen molar-refractivity contribution in [2.45, 2.75) is 21.0 Å². The van der Waals surface area contributed by atoms with Gasteiger partial charge in [0.1, 0.15) is 26.4 Å². The predicted octanol–water partition coefficient (Wildman–Crippen LogP) is 9.86. The summed E-state index contributed by atoms with van der Waals surface area (Å²) in [6.45, 7) is 1.47. The molecule has 3 rings (SSSR count). The normalized spacial score (nSPS) is 23.4. The van der Waals surface area contributed by atoms with Crippen LogP contribution in [-0.2, 0) is 0 Å². The molecule has 4 atom stereocenters. The molecule has 2 aromatic rings. The standard InChI is InChI=1S/C24H24Br4Cl4O4S2/c25-17-1-21-22(2-18(17)26)34-10-14(6-30)38-16(8-32)12-36-24-4-20(28)19(27)3-23(24)35-11-15(7-31)37-13(5-29)9-33-21/h1-4,13-16H,5-12H2. The zero-order valence-electron chi connectivity index (χ0n) is 19.7. The van der Waals surface area contributed by atoms with Crippen LogP contribution in [0.4, 0.5) is 0 Å². The van der Waals surface area contributed by atoms with Gasteiger partial charge in [-0.2, -0.15) is 0 Å². The predicted molar refractivity (Wildman–Crippen MR) is 179 cm³/mol. The molecule has 4 nitrogen and oxygen atoms in total. The molecule has 14 heteroatoms. The third kappa shape index (κ3) is 10.3. The molecular formula is C24H24Br4Cl4O4S2. The first-order valence-electron chi connectivity index (χ1n) is 11.3. The van der Waals surface area contributed by atoms with Crippen molar-refractivity contribution in [1.82, 2.24) is 0 Å². The number of hydrogen-bond donors (Lipinski definition) is 0. The summed E-state index contributed by atoms with van der Waals surface area (Å²) in [5.74, 6) is 3.96. The fourth-order valence-corrected chi connectivity index (χ4v) is 7.71. The molecule has 0 spiro atoms. The molecule has 1 heterocycles. The van der Waals surface area contributed by atoms with Crippen molar-refractivity contribution in [3.63, 3.8) is 0 Å². The van der Waals surface area contributed by atoms with Gasteiger partial charge in [0.25, 0.3) is 0 Å². The highest BCUT2D eigenvalue weighted by molar-refractivity contribution is 9.13. The first kappa shape index (κ1) is 33.9. The first-order chi connectivity index (χ1) is 18.3. The average Bonchev–Trinajstić information content (AvgIpc) is 2.91. The van der Waals surface area contributed by atoms with Crippen molar-refractivity contribution in [2.24, 2.45) is 0 Å². The molecule has 0 saturated heterocycles. The van der Waals surface area contributed by atoms with Gasteiger partial charge in [0.15, 0.2) is 23.0 Å². The molecule has 1 aliphatic heterocycles. The van der Waals surface area contributed by atoms with Gasteiger partial charge in [-0.3, -0.25) is 0 Å². The van der Waals surface area contributed by atoms with Crippen LogP contribution in [0.5, 0.6) is 23.0 Å². The van der Waals surface area contributed by atoms with E-state index in [4.69, 9.17) is 65.4 Å². The fraction of sp³-hybridized carbons (Fsp3) is 0.500. The van der Waals surface area contributed by atoms with Crippen LogP contribution in [0.1, 0.15) is 0 Å². The van der Waals surface area contributed by atoms with E-state index in [-0.39, 0.29) is 21.0 Å². The number of alkyl halides is 4. The van der Waals surface area contributed by atoms with Gasteiger partial charge in [0, 0.05) is 41.4 Å². The van der Waals surface area contributed by atoms with E-state index in [1.165, 1.54) is 0 Å². The minimum Gasteiger partial charge on any atom is -0.488 e. The van der Waals surface area contributed by atoms with Gasteiger partial charge in [0.2, 0.25) is 0 Å². The fourth-order valence-electron chi connectivity index (χ4n) is 3.23. The minimum atomic E-state index is -0.0267. The van der Waals surface area contributed by atoms with Crippen molar-refractivity contribution in [1.29, 1.82) is 0 Å². The lowest BCUT2D eigenvalue weighted by atomic mass is 10.3. The minimum absolute atomic E-state index is 0.0267. The number of rotatable bonds is 4. The van der Waals surface area contributed by atoms with E-state index in [0.29, 0.717) is 72.9 Å². The van der Waals surface area contributed by atoms with E-state index in [1.807, 2.05) is 24.3 Å². The number of hydrogen-bond acceptors (Lipinski definition) is 6. The van der Waals surface area contributed by atoms with E-state index in [9.17, 15) is 0 Å². The molecule has 0 N–H and O–H groups in total. The van der Waals surface area contributed by atoms with Gasteiger partial charge in [-0.05, 0) is 88.0 Å². The van der Waals surface area contributed by atoms with Crippen molar-refractivity contribution < 1.29 is 18.9 Å². The molecular weight excluding hydrogens is 878 g/mol. The molecule has 1 aliphatic rings. The van der Waals surface area contributed by atoms with Crippen LogP contribution in [0.25, 0.3) is 0 Å². The molecule has 2 aromatic carbocycles. The molecule has 38 heavy (non-hydrogen) atoms. The Morgan fingerprint density at radius 2 is 0.711 bits per heavy atom. The summed E-state index contributed by atoms with van der Waals surface area (Å²) in [5.41, 5.74) is 0. The van der Waals surface area contributed by atoms with Crippen LogP contribution >= 0.6 is 134 Å². The monoisotopic (exact) mass is 896 g/mol. The Morgan fingerprint density at radius 1 is 0.500 bits per heavy atom. The summed E-state index contributed by atoms with van der Waals surface area (Å²) in [5, 5.41) is -0.107. The van der Waals surface area contributed by atoms with Crippen molar-refractivity contribution in [3.8, 4) is 23.0 Å². The van der Waals surface area contributed by atoms with Crippen molar-refractivity contribution in [2.75, 3.05) is 49.9 Å². The molecule has 0 bridgehead atoms. The Labute approximate surface area is 285 Å². The van der Waals surface area contributed by atoms with Crippen molar-refractivity contribution >= 4 is 134 Å².